The lowest BCUT2D eigenvalue weighted by molar-refractivity contribution is 0.0604. The van der Waals surface area contributed by atoms with E-state index in [1.807, 2.05) is 27.7 Å². The highest BCUT2D eigenvalue weighted by Crippen LogP contribution is 2.29. The lowest BCUT2D eigenvalue weighted by atomic mass is 10.1. The van der Waals surface area contributed by atoms with E-state index >= 15 is 0 Å². The van der Waals surface area contributed by atoms with Crippen molar-refractivity contribution < 1.29 is 19.1 Å². The predicted octanol–water partition coefficient (Wildman–Crippen LogP) is 8.45. The van der Waals surface area contributed by atoms with Crippen LogP contribution in [0.1, 0.15) is 48.4 Å². The summed E-state index contributed by atoms with van der Waals surface area (Å²) >= 11 is 0. The molecule has 10 heteroatoms. The zero-order valence-electron chi connectivity index (χ0n) is 26.8. The summed E-state index contributed by atoms with van der Waals surface area (Å²) in [5, 5.41) is 0. The highest BCUT2D eigenvalue weighted by molar-refractivity contribution is 6.90. The summed E-state index contributed by atoms with van der Waals surface area (Å²) in [6.45, 7) is 35.6. The molecular formula is C28H52N2O4Si4. The molecule has 1 aromatic rings. The van der Waals surface area contributed by atoms with Crippen molar-refractivity contribution in [3.05, 3.63) is 58.3 Å². The van der Waals surface area contributed by atoms with Crippen LogP contribution in [-0.2, 0) is 9.47 Å². The van der Waals surface area contributed by atoms with E-state index in [4.69, 9.17) is 9.47 Å². The maximum absolute atomic E-state index is 12.9. The Balaban J connectivity index is 3.12. The van der Waals surface area contributed by atoms with Gasteiger partial charge in [0.15, 0.2) is 0 Å². The Kier molecular flexibility index (Phi) is 10.9. The largest absolute Gasteiger partial charge is 0.426 e. The van der Waals surface area contributed by atoms with Gasteiger partial charge in [-0.2, -0.15) is 0 Å². The van der Waals surface area contributed by atoms with Crippen LogP contribution in [0.15, 0.2) is 47.2 Å². The molecule has 1 aromatic carbocycles. The molecule has 0 aromatic heterocycles. The fourth-order valence-electron chi connectivity index (χ4n) is 5.63. The molecule has 0 aliphatic heterocycles. The van der Waals surface area contributed by atoms with Gasteiger partial charge in [-0.15, -0.1) is 0 Å². The zero-order chi connectivity index (χ0) is 30.0. The van der Waals surface area contributed by atoms with Crippen LogP contribution in [0.5, 0.6) is 0 Å². The number of allylic oxidation sites excluding steroid dienone is 4. The topological polar surface area (TPSA) is 59.1 Å². The molecule has 1 rings (SSSR count). The second kappa shape index (κ2) is 12.1. The maximum Gasteiger partial charge on any atom is 0.343 e. The first kappa shape index (κ1) is 34.1. The summed E-state index contributed by atoms with van der Waals surface area (Å²) < 4.78 is 16.6. The van der Waals surface area contributed by atoms with Gasteiger partial charge in [0.1, 0.15) is 44.5 Å². The summed E-state index contributed by atoms with van der Waals surface area (Å²) in [7, 11) is -6.63. The van der Waals surface area contributed by atoms with Crippen LogP contribution >= 0.6 is 0 Å². The molecule has 0 spiro atoms. The molecule has 6 nitrogen and oxygen atoms in total. The van der Waals surface area contributed by atoms with Crippen LogP contribution in [-0.4, -0.2) is 53.3 Å². The van der Waals surface area contributed by atoms with Gasteiger partial charge in [-0.1, -0.05) is 78.6 Å². The predicted molar refractivity (Wildman–Crippen MR) is 171 cm³/mol. The Bertz CT molecular complexity index is 969. The Morgan fingerprint density at radius 2 is 0.711 bits per heavy atom. The van der Waals surface area contributed by atoms with Crippen LogP contribution in [0.2, 0.25) is 78.6 Å². The number of rotatable bonds is 10. The summed E-state index contributed by atoms with van der Waals surface area (Å²) in [6, 6.07) is 6.49. The summed E-state index contributed by atoms with van der Waals surface area (Å²) in [5.74, 6) is 0.379. The van der Waals surface area contributed by atoms with Gasteiger partial charge in [0.25, 0.3) is 0 Å². The van der Waals surface area contributed by atoms with Gasteiger partial charge >= 0.3 is 11.9 Å². The van der Waals surface area contributed by atoms with Crippen LogP contribution in [0, 0.1) is 0 Å². The summed E-state index contributed by atoms with van der Waals surface area (Å²) in [4.78, 5) is 25.8. The zero-order valence-corrected chi connectivity index (χ0v) is 30.8. The molecule has 0 atom stereocenters. The molecule has 0 saturated carbocycles. The minimum Gasteiger partial charge on any atom is -0.426 e. The second-order valence-electron chi connectivity index (χ2n) is 14.0. The third-order valence-corrected chi connectivity index (χ3v) is 21.0. The third kappa shape index (κ3) is 9.10. The summed E-state index contributed by atoms with van der Waals surface area (Å²) in [5.41, 5.74) is 2.85. The fourth-order valence-corrected chi connectivity index (χ4v) is 26.4. The van der Waals surface area contributed by atoms with Crippen LogP contribution in [0.3, 0.4) is 0 Å². The highest BCUT2D eigenvalue weighted by Gasteiger charge is 2.37. The second-order valence-corrected chi connectivity index (χ2v) is 34.0. The van der Waals surface area contributed by atoms with Crippen molar-refractivity contribution in [3.63, 3.8) is 0 Å². The van der Waals surface area contributed by atoms with Gasteiger partial charge in [-0.3, -0.25) is 0 Å². The van der Waals surface area contributed by atoms with Gasteiger partial charge in [-0.25, -0.2) is 9.59 Å². The first-order valence-corrected chi connectivity index (χ1v) is 27.2. The van der Waals surface area contributed by atoms with Crippen LogP contribution in [0.25, 0.3) is 0 Å². The van der Waals surface area contributed by atoms with E-state index in [9.17, 15) is 9.59 Å². The van der Waals surface area contributed by atoms with E-state index in [1.165, 1.54) is 0 Å². The third-order valence-electron chi connectivity index (χ3n) is 6.22. The van der Waals surface area contributed by atoms with E-state index in [-0.39, 0.29) is 0 Å². The van der Waals surface area contributed by atoms with Crippen molar-refractivity contribution in [3.8, 4) is 0 Å². The Hall–Kier alpha value is -1.89. The molecular weight excluding hydrogens is 541 g/mol. The van der Waals surface area contributed by atoms with E-state index in [0.29, 0.717) is 22.6 Å². The smallest absolute Gasteiger partial charge is 0.343 e. The van der Waals surface area contributed by atoms with Gasteiger partial charge in [-0.05, 0) is 52.0 Å². The first-order valence-electron chi connectivity index (χ1n) is 13.4. The molecule has 0 aliphatic rings. The van der Waals surface area contributed by atoms with Gasteiger partial charge in [0, 0.05) is 11.4 Å². The Morgan fingerprint density at radius 1 is 0.500 bits per heavy atom. The molecule has 0 N–H and O–H groups in total. The molecule has 0 heterocycles. The molecule has 38 heavy (non-hydrogen) atoms. The average Bonchev–Trinajstić information content (AvgIpc) is 2.69. The Labute approximate surface area is 236 Å². The van der Waals surface area contributed by atoms with Crippen LogP contribution < -0.4 is 0 Å². The Morgan fingerprint density at radius 3 is 0.895 bits per heavy atom. The molecule has 0 fully saturated rings. The molecule has 0 amide bonds. The number of hydrogen-bond acceptors (Lipinski definition) is 6. The average molecular weight is 593 g/mol. The van der Waals surface area contributed by atoms with Crippen molar-refractivity contribution in [2.24, 2.45) is 0 Å². The first-order chi connectivity index (χ1) is 16.9. The molecule has 0 radical (unpaired) electrons. The number of ether oxygens (including phenoxy) is 2. The van der Waals surface area contributed by atoms with E-state index in [2.05, 4.69) is 87.0 Å². The number of carbonyl (C=O) groups excluding carboxylic acids is 2. The van der Waals surface area contributed by atoms with Gasteiger partial charge < -0.3 is 17.9 Å². The standard InChI is InChI=1S/C28H52N2O4Si4/c1-21(29(35(5,6)7)36(8,9)10)23(3)33-27(31)25-17-19-26(20-18-25)28(32)34-24(4)22(2)30(37(11,12)13)38(14,15)16/h17-20H,1-16H3/b23-21-,24-22-. The van der Waals surface area contributed by atoms with E-state index < -0.39 is 44.9 Å². The van der Waals surface area contributed by atoms with Gasteiger partial charge in [0.05, 0.1) is 11.1 Å². The van der Waals surface area contributed by atoms with Crippen LogP contribution in [0.4, 0.5) is 0 Å². The van der Waals surface area contributed by atoms with Crippen molar-refractivity contribution in [1.82, 2.24) is 8.46 Å². The number of nitrogens with zero attached hydrogens (tertiary/aromatic N) is 2. The lowest BCUT2D eigenvalue weighted by Crippen LogP contribution is -2.58. The number of carbonyl (C=O) groups is 2. The lowest BCUT2D eigenvalue weighted by Gasteiger charge is -2.46. The summed E-state index contributed by atoms with van der Waals surface area (Å²) in [6.07, 6.45) is 0. The fraction of sp³-hybridized carbons (Fsp3) is 0.571. The molecule has 214 valence electrons. The number of esters is 2. The number of hydrogen-bond donors (Lipinski definition) is 0. The molecule has 0 unspecified atom stereocenters. The SMILES string of the molecule is C/C(OC(=O)c1ccc(C(=O)O/C(C)=C(/C)N([Si](C)(C)C)[Si](C)(C)C)cc1)=C(\C)N([Si](C)(C)C)[Si](C)(C)C. The quantitative estimate of drug-likeness (QED) is 0.154. The molecule has 0 bridgehead atoms. The highest BCUT2D eigenvalue weighted by atomic mass is 28.4. The minimum atomic E-state index is -1.66. The molecule has 0 aliphatic carbocycles. The van der Waals surface area contributed by atoms with Crippen molar-refractivity contribution in [2.45, 2.75) is 106 Å². The van der Waals surface area contributed by atoms with Crippen molar-refractivity contribution in [2.75, 3.05) is 0 Å². The minimum absolute atomic E-state index is 0.397. The van der Waals surface area contributed by atoms with Crippen molar-refractivity contribution >= 4 is 44.9 Å². The van der Waals surface area contributed by atoms with E-state index in [0.717, 1.165) is 11.4 Å². The van der Waals surface area contributed by atoms with Gasteiger partial charge in [0.2, 0.25) is 0 Å². The van der Waals surface area contributed by atoms with E-state index in [1.54, 1.807) is 24.3 Å². The molecule has 0 saturated heterocycles. The number of benzene rings is 1. The normalized spacial score (nSPS) is 14.3. The monoisotopic (exact) mass is 592 g/mol. The maximum atomic E-state index is 12.9. The van der Waals surface area contributed by atoms with Crippen molar-refractivity contribution in [1.29, 1.82) is 0 Å².